The molecule has 1 amide bonds. The van der Waals surface area contributed by atoms with Gasteiger partial charge in [-0.15, -0.1) is 0 Å². The molecule has 20 heavy (non-hydrogen) atoms. The largest absolute Gasteiger partial charge is 0.484 e. The van der Waals surface area contributed by atoms with Crippen LogP contribution >= 0.6 is 0 Å². The van der Waals surface area contributed by atoms with Crippen molar-refractivity contribution in [2.45, 2.75) is 13.0 Å². The first-order chi connectivity index (χ1) is 9.66. The van der Waals surface area contributed by atoms with E-state index in [4.69, 9.17) is 10.5 Å². The average Bonchev–Trinajstić information content (AvgIpc) is 2.46. The molecule has 1 unspecified atom stereocenters. The molecular weight excluding hydrogens is 252 g/mol. The maximum atomic E-state index is 11.8. The highest BCUT2D eigenvalue weighted by Crippen LogP contribution is 2.19. The first kappa shape index (κ1) is 13.9. The molecule has 4 heteroatoms. The van der Waals surface area contributed by atoms with E-state index in [0.717, 1.165) is 5.56 Å². The summed E-state index contributed by atoms with van der Waals surface area (Å²) in [6.45, 7) is 1.88. The third-order valence-corrected chi connectivity index (χ3v) is 2.95. The van der Waals surface area contributed by atoms with E-state index >= 15 is 0 Å². The van der Waals surface area contributed by atoms with E-state index in [-0.39, 0.29) is 18.6 Å². The summed E-state index contributed by atoms with van der Waals surface area (Å²) in [7, 11) is 0. The zero-order valence-electron chi connectivity index (χ0n) is 11.4. The fourth-order valence-electron chi connectivity index (χ4n) is 1.93. The van der Waals surface area contributed by atoms with Gasteiger partial charge in [0.1, 0.15) is 5.75 Å². The molecule has 2 rings (SSSR count). The second-order valence-corrected chi connectivity index (χ2v) is 4.52. The lowest BCUT2D eigenvalue weighted by atomic mass is 10.1. The van der Waals surface area contributed by atoms with E-state index in [1.54, 1.807) is 0 Å². The highest BCUT2D eigenvalue weighted by Gasteiger charge is 2.12. The van der Waals surface area contributed by atoms with Gasteiger partial charge in [-0.05, 0) is 30.7 Å². The number of hydrogen-bond acceptors (Lipinski definition) is 3. The molecule has 2 aromatic carbocycles. The van der Waals surface area contributed by atoms with Gasteiger partial charge in [0, 0.05) is 5.69 Å². The van der Waals surface area contributed by atoms with Crippen LogP contribution in [0, 0.1) is 0 Å². The molecule has 0 spiro atoms. The standard InChI is InChI=1S/C16H18N2O2/c1-12(14-9-5-6-10-15(14)17)18-16(19)11-20-13-7-3-2-4-8-13/h2-10,12H,11,17H2,1H3,(H,18,19). The van der Waals surface area contributed by atoms with E-state index in [1.165, 1.54) is 0 Å². The smallest absolute Gasteiger partial charge is 0.258 e. The second kappa shape index (κ2) is 6.61. The quantitative estimate of drug-likeness (QED) is 0.821. The Balaban J connectivity index is 1.87. The fourth-order valence-corrected chi connectivity index (χ4v) is 1.93. The Morgan fingerprint density at radius 1 is 1.15 bits per heavy atom. The van der Waals surface area contributed by atoms with Crippen LogP contribution in [0.25, 0.3) is 0 Å². The molecule has 2 aromatic rings. The summed E-state index contributed by atoms with van der Waals surface area (Å²) in [4.78, 5) is 11.8. The molecule has 0 aliphatic heterocycles. The number of nitrogens with two attached hydrogens (primary N) is 1. The Morgan fingerprint density at radius 3 is 2.50 bits per heavy atom. The number of para-hydroxylation sites is 2. The number of ether oxygens (including phenoxy) is 1. The minimum atomic E-state index is -0.176. The Hall–Kier alpha value is -2.49. The fraction of sp³-hybridized carbons (Fsp3) is 0.188. The van der Waals surface area contributed by atoms with Crippen molar-refractivity contribution >= 4 is 11.6 Å². The number of nitrogens with one attached hydrogen (secondary N) is 1. The van der Waals surface area contributed by atoms with Gasteiger partial charge in [-0.3, -0.25) is 4.79 Å². The van der Waals surface area contributed by atoms with Crippen LogP contribution in [0.3, 0.4) is 0 Å². The molecule has 0 saturated carbocycles. The van der Waals surface area contributed by atoms with Crippen LogP contribution in [0.15, 0.2) is 54.6 Å². The van der Waals surface area contributed by atoms with Crippen molar-refractivity contribution in [3.63, 3.8) is 0 Å². The van der Waals surface area contributed by atoms with Gasteiger partial charge < -0.3 is 15.8 Å². The molecule has 0 heterocycles. The number of carbonyl (C=O) groups excluding carboxylic acids is 1. The first-order valence-corrected chi connectivity index (χ1v) is 6.48. The average molecular weight is 270 g/mol. The highest BCUT2D eigenvalue weighted by molar-refractivity contribution is 5.78. The van der Waals surface area contributed by atoms with Crippen LogP contribution < -0.4 is 15.8 Å². The third kappa shape index (κ3) is 3.75. The van der Waals surface area contributed by atoms with Crippen LogP contribution in [0.2, 0.25) is 0 Å². The number of benzene rings is 2. The summed E-state index contributed by atoms with van der Waals surface area (Å²) >= 11 is 0. The van der Waals surface area contributed by atoms with Crippen molar-refractivity contribution in [3.8, 4) is 5.75 Å². The Morgan fingerprint density at radius 2 is 1.80 bits per heavy atom. The lowest BCUT2D eigenvalue weighted by Gasteiger charge is -2.16. The lowest BCUT2D eigenvalue weighted by Crippen LogP contribution is -2.31. The van der Waals surface area contributed by atoms with Gasteiger partial charge in [0.2, 0.25) is 0 Å². The number of anilines is 1. The predicted octanol–water partition coefficient (Wildman–Crippen LogP) is 2.52. The maximum Gasteiger partial charge on any atom is 0.258 e. The van der Waals surface area contributed by atoms with Crippen molar-refractivity contribution in [3.05, 3.63) is 60.2 Å². The highest BCUT2D eigenvalue weighted by atomic mass is 16.5. The van der Waals surface area contributed by atoms with Gasteiger partial charge >= 0.3 is 0 Å². The van der Waals surface area contributed by atoms with Gasteiger partial charge in [0.05, 0.1) is 6.04 Å². The van der Waals surface area contributed by atoms with Crippen LogP contribution in [-0.2, 0) is 4.79 Å². The van der Waals surface area contributed by atoms with Gasteiger partial charge in [0.25, 0.3) is 5.91 Å². The summed E-state index contributed by atoms with van der Waals surface area (Å²) in [6.07, 6.45) is 0. The van der Waals surface area contributed by atoms with Gasteiger partial charge in [-0.25, -0.2) is 0 Å². The van der Waals surface area contributed by atoms with Crippen LogP contribution in [-0.4, -0.2) is 12.5 Å². The molecule has 3 N–H and O–H groups in total. The van der Waals surface area contributed by atoms with Gasteiger partial charge in [-0.2, -0.15) is 0 Å². The number of rotatable bonds is 5. The molecule has 0 fully saturated rings. The van der Waals surface area contributed by atoms with E-state index in [1.807, 2.05) is 61.5 Å². The molecule has 0 aliphatic rings. The molecule has 4 nitrogen and oxygen atoms in total. The molecule has 1 atom stereocenters. The predicted molar refractivity (Wildman–Crippen MR) is 79.3 cm³/mol. The number of carbonyl (C=O) groups is 1. The van der Waals surface area contributed by atoms with Crippen LogP contribution in [0.1, 0.15) is 18.5 Å². The van der Waals surface area contributed by atoms with Gasteiger partial charge in [0.15, 0.2) is 6.61 Å². The minimum Gasteiger partial charge on any atom is -0.484 e. The van der Waals surface area contributed by atoms with Crippen molar-refractivity contribution in [1.29, 1.82) is 0 Å². The molecule has 0 radical (unpaired) electrons. The van der Waals surface area contributed by atoms with Crippen molar-refractivity contribution < 1.29 is 9.53 Å². The van der Waals surface area contributed by atoms with Crippen molar-refractivity contribution in [1.82, 2.24) is 5.32 Å². The lowest BCUT2D eigenvalue weighted by molar-refractivity contribution is -0.123. The van der Waals surface area contributed by atoms with E-state index in [9.17, 15) is 4.79 Å². The van der Waals surface area contributed by atoms with E-state index in [0.29, 0.717) is 11.4 Å². The Kier molecular flexibility index (Phi) is 4.60. The molecule has 0 aromatic heterocycles. The monoisotopic (exact) mass is 270 g/mol. The molecule has 0 aliphatic carbocycles. The Bertz CT molecular complexity index is 570. The van der Waals surface area contributed by atoms with Crippen molar-refractivity contribution in [2.24, 2.45) is 0 Å². The molecule has 104 valence electrons. The third-order valence-electron chi connectivity index (χ3n) is 2.95. The Labute approximate surface area is 118 Å². The van der Waals surface area contributed by atoms with Crippen LogP contribution in [0.4, 0.5) is 5.69 Å². The summed E-state index contributed by atoms with van der Waals surface area (Å²) < 4.78 is 5.39. The summed E-state index contributed by atoms with van der Waals surface area (Å²) in [5, 5.41) is 2.86. The molecular formula is C16H18N2O2. The SMILES string of the molecule is CC(NC(=O)COc1ccccc1)c1ccccc1N. The summed E-state index contributed by atoms with van der Waals surface area (Å²) in [5.74, 6) is 0.499. The zero-order valence-corrected chi connectivity index (χ0v) is 11.4. The molecule has 0 saturated heterocycles. The van der Waals surface area contributed by atoms with Crippen LogP contribution in [0.5, 0.6) is 5.75 Å². The summed E-state index contributed by atoms with van der Waals surface area (Å²) in [6, 6.07) is 16.6. The zero-order chi connectivity index (χ0) is 14.4. The summed E-state index contributed by atoms with van der Waals surface area (Å²) in [5.41, 5.74) is 7.45. The van der Waals surface area contributed by atoms with Crippen molar-refractivity contribution in [2.75, 3.05) is 12.3 Å². The normalized spacial score (nSPS) is 11.7. The van der Waals surface area contributed by atoms with Gasteiger partial charge in [-0.1, -0.05) is 36.4 Å². The van der Waals surface area contributed by atoms with E-state index < -0.39 is 0 Å². The topological polar surface area (TPSA) is 64.3 Å². The second-order valence-electron chi connectivity index (χ2n) is 4.52. The maximum absolute atomic E-state index is 11.8. The number of hydrogen-bond donors (Lipinski definition) is 2. The molecule has 0 bridgehead atoms. The van der Waals surface area contributed by atoms with E-state index in [2.05, 4.69) is 5.32 Å². The number of amides is 1. The first-order valence-electron chi connectivity index (χ1n) is 6.48. The minimum absolute atomic E-state index is 0.0128. The number of nitrogen functional groups attached to an aromatic ring is 1.